The van der Waals surface area contributed by atoms with Crippen molar-refractivity contribution in [1.82, 2.24) is 14.8 Å². The molecular weight excluding hydrogens is 204 g/mol. The summed E-state index contributed by atoms with van der Waals surface area (Å²) < 4.78 is 1.49. The van der Waals surface area contributed by atoms with Crippen LogP contribution in [0.4, 0.5) is 5.95 Å². The largest absolute Gasteiger partial charge is 0.490 e. The van der Waals surface area contributed by atoms with Gasteiger partial charge < -0.3 is 10.1 Å². The summed E-state index contributed by atoms with van der Waals surface area (Å²) in [5.74, 6) is 0.767. The van der Waals surface area contributed by atoms with Crippen LogP contribution >= 0.6 is 12.6 Å². The van der Waals surface area contributed by atoms with Crippen molar-refractivity contribution >= 4 is 18.6 Å². The first-order valence-electron chi connectivity index (χ1n) is 4.32. The lowest BCUT2D eigenvalue weighted by Gasteiger charge is -2.07. The Balaban J connectivity index is 2.63. The van der Waals surface area contributed by atoms with Gasteiger partial charge in [-0.2, -0.15) is 17.3 Å². The molecule has 14 heavy (non-hydrogen) atoms. The van der Waals surface area contributed by atoms with Crippen LogP contribution in [0, 0.1) is 16.0 Å². The second-order valence-corrected chi connectivity index (χ2v) is 3.35. The molecule has 0 spiro atoms. The molecule has 0 aliphatic carbocycles. The third-order valence-electron chi connectivity index (χ3n) is 1.97. The van der Waals surface area contributed by atoms with E-state index < -0.39 is 4.92 Å². The van der Waals surface area contributed by atoms with E-state index in [1.807, 2.05) is 6.92 Å². The molecule has 0 radical (unpaired) electrons. The van der Waals surface area contributed by atoms with Gasteiger partial charge in [0.1, 0.15) is 0 Å². The molecule has 0 N–H and O–H groups in total. The van der Waals surface area contributed by atoms with Gasteiger partial charge in [-0.15, -0.1) is 0 Å². The Bertz CT molecular complexity index is 310. The number of hydrogen-bond acceptors (Lipinski definition) is 5. The summed E-state index contributed by atoms with van der Waals surface area (Å²) in [4.78, 5) is 13.3. The van der Waals surface area contributed by atoms with Gasteiger partial charge in [-0.1, -0.05) is 18.3 Å². The van der Waals surface area contributed by atoms with Crippen LogP contribution in [-0.4, -0.2) is 25.4 Å². The smallest absolute Gasteiger partial charge is 0.390 e. The van der Waals surface area contributed by atoms with Crippen LogP contribution in [0.5, 0.6) is 0 Å². The summed E-state index contributed by atoms with van der Waals surface area (Å²) in [5, 5.41) is 14.0. The Morgan fingerprint density at radius 3 is 2.93 bits per heavy atom. The first-order chi connectivity index (χ1) is 6.67. The fourth-order valence-electron chi connectivity index (χ4n) is 1.04. The fourth-order valence-corrected chi connectivity index (χ4v) is 1.41. The van der Waals surface area contributed by atoms with Crippen molar-refractivity contribution < 1.29 is 4.92 Å². The molecule has 0 saturated carbocycles. The zero-order valence-electron chi connectivity index (χ0n) is 7.83. The minimum atomic E-state index is -0.599. The summed E-state index contributed by atoms with van der Waals surface area (Å²) in [5.41, 5.74) is 0. The Labute approximate surface area is 86.9 Å². The highest BCUT2D eigenvalue weighted by atomic mass is 32.1. The Kier molecular flexibility index (Phi) is 3.87. The van der Waals surface area contributed by atoms with E-state index in [0.29, 0.717) is 12.5 Å². The number of nitro groups is 1. The van der Waals surface area contributed by atoms with Gasteiger partial charge in [0.15, 0.2) is 0 Å². The van der Waals surface area contributed by atoms with Crippen molar-refractivity contribution in [1.29, 1.82) is 0 Å². The molecule has 1 heterocycles. The molecule has 7 heteroatoms. The van der Waals surface area contributed by atoms with Crippen LogP contribution in [0.2, 0.25) is 0 Å². The summed E-state index contributed by atoms with van der Waals surface area (Å²) in [7, 11) is 0. The van der Waals surface area contributed by atoms with Crippen LogP contribution in [0.3, 0.4) is 0 Å². The summed E-state index contributed by atoms with van der Waals surface area (Å²) >= 11 is 4.18. The molecule has 1 aromatic heterocycles. The van der Waals surface area contributed by atoms with Crippen molar-refractivity contribution in [2.45, 2.75) is 19.9 Å². The van der Waals surface area contributed by atoms with Crippen molar-refractivity contribution in [2.24, 2.45) is 5.92 Å². The lowest BCUT2D eigenvalue weighted by molar-refractivity contribution is -0.394. The Morgan fingerprint density at radius 2 is 2.50 bits per heavy atom. The van der Waals surface area contributed by atoms with Crippen molar-refractivity contribution in [3.63, 3.8) is 0 Å². The minimum Gasteiger partial charge on any atom is -0.390 e. The molecule has 1 rings (SSSR count). The summed E-state index contributed by atoms with van der Waals surface area (Å²) in [6.07, 6.45) is 2.35. The zero-order valence-corrected chi connectivity index (χ0v) is 8.72. The lowest BCUT2D eigenvalue weighted by Crippen LogP contribution is -2.12. The first-order valence-corrected chi connectivity index (χ1v) is 4.95. The van der Waals surface area contributed by atoms with Crippen molar-refractivity contribution in [2.75, 3.05) is 5.75 Å². The van der Waals surface area contributed by atoms with Crippen molar-refractivity contribution in [3.05, 3.63) is 16.4 Å². The third kappa shape index (κ3) is 2.69. The van der Waals surface area contributed by atoms with Crippen LogP contribution in [-0.2, 0) is 6.54 Å². The average Bonchev–Trinajstić information content (AvgIpc) is 2.62. The van der Waals surface area contributed by atoms with Crippen LogP contribution in [0.15, 0.2) is 6.33 Å². The van der Waals surface area contributed by atoms with Gasteiger partial charge in [-0.3, -0.25) is 0 Å². The quantitative estimate of drug-likeness (QED) is 0.455. The van der Waals surface area contributed by atoms with E-state index in [2.05, 4.69) is 22.7 Å². The molecule has 0 amide bonds. The van der Waals surface area contributed by atoms with Crippen molar-refractivity contribution in [3.8, 4) is 0 Å². The van der Waals surface area contributed by atoms with Gasteiger partial charge in [-0.25, -0.2) is 0 Å². The van der Waals surface area contributed by atoms with E-state index in [4.69, 9.17) is 0 Å². The maximum Gasteiger partial charge on any atom is 0.490 e. The summed E-state index contributed by atoms with van der Waals surface area (Å²) in [6.45, 7) is 2.67. The molecule has 78 valence electrons. The number of aromatic nitrogens is 3. The number of thiol groups is 1. The highest BCUT2D eigenvalue weighted by Gasteiger charge is 2.15. The van der Waals surface area contributed by atoms with Gasteiger partial charge in [0.05, 0.1) is 6.54 Å². The molecule has 0 bridgehead atoms. The highest BCUT2D eigenvalue weighted by Crippen LogP contribution is 2.08. The molecule has 1 unspecified atom stereocenters. The van der Waals surface area contributed by atoms with E-state index in [0.717, 1.165) is 12.2 Å². The molecule has 0 fully saturated rings. The molecule has 0 saturated heterocycles. The molecule has 0 aliphatic rings. The molecule has 0 aromatic carbocycles. The predicted octanol–water partition coefficient (Wildman–Crippen LogP) is 1.14. The Hall–Kier alpha value is -1.11. The molecular formula is C7H12N4O2S. The zero-order chi connectivity index (χ0) is 10.6. The molecule has 0 aliphatic heterocycles. The minimum absolute atomic E-state index is 0.348. The number of rotatable bonds is 5. The van der Waals surface area contributed by atoms with Gasteiger partial charge in [0.25, 0.3) is 0 Å². The predicted molar refractivity (Wildman–Crippen MR) is 54.3 cm³/mol. The normalized spacial score (nSPS) is 12.7. The summed E-state index contributed by atoms with van der Waals surface area (Å²) in [6, 6.07) is 0. The fraction of sp³-hybridized carbons (Fsp3) is 0.714. The standard InChI is InChI=1S/C7H12N4O2S/c1-2-6(4-14)3-10-5-8-7(9-10)11(12)13/h5-6,14H,2-4H2,1H3. The van der Waals surface area contributed by atoms with Crippen LogP contribution in [0.1, 0.15) is 13.3 Å². The maximum atomic E-state index is 10.3. The van der Waals surface area contributed by atoms with Gasteiger partial charge in [-0.05, 0) is 16.6 Å². The van der Waals surface area contributed by atoms with E-state index in [-0.39, 0.29) is 5.95 Å². The lowest BCUT2D eigenvalue weighted by atomic mass is 10.1. The van der Waals surface area contributed by atoms with Gasteiger partial charge in [0.2, 0.25) is 6.33 Å². The average molecular weight is 216 g/mol. The molecule has 1 atom stereocenters. The molecule has 1 aromatic rings. The van der Waals surface area contributed by atoms with Crippen LogP contribution < -0.4 is 0 Å². The van der Waals surface area contributed by atoms with Gasteiger partial charge >= 0.3 is 5.95 Å². The first kappa shape index (κ1) is 11.0. The Morgan fingerprint density at radius 1 is 1.79 bits per heavy atom. The second-order valence-electron chi connectivity index (χ2n) is 2.98. The number of hydrogen-bond donors (Lipinski definition) is 1. The van der Waals surface area contributed by atoms with E-state index in [1.165, 1.54) is 11.0 Å². The van der Waals surface area contributed by atoms with E-state index >= 15 is 0 Å². The topological polar surface area (TPSA) is 73.8 Å². The third-order valence-corrected chi connectivity index (χ3v) is 2.48. The maximum absolute atomic E-state index is 10.3. The van der Waals surface area contributed by atoms with E-state index in [9.17, 15) is 10.1 Å². The number of nitrogens with zero attached hydrogens (tertiary/aromatic N) is 4. The second kappa shape index (κ2) is 4.94. The highest BCUT2D eigenvalue weighted by molar-refractivity contribution is 7.80. The molecule has 6 nitrogen and oxygen atoms in total. The van der Waals surface area contributed by atoms with Crippen LogP contribution in [0.25, 0.3) is 0 Å². The monoisotopic (exact) mass is 216 g/mol. The SMILES string of the molecule is CCC(CS)Cn1cnc([N+](=O)[O-])n1. The van der Waals surface area contributed by atoms with E-state index in [1.54, 1.807) is 0 Å². The van der Waals surface area contributed by atoms with Gasteiger partial charge in [0, 0.05) is 5.10 Å².